The predicted molar refractivity (Wildman–Crippen MR) is 91.1 cm³/mol. The highest BCUT2D eigenvalue weighted by atomic mass is 79.9. The summed E-state index contributed by atoms with van der Waals surface area (Å²) in [6.07, 6.45) is 11.2. The number of hydrogen-bond donors (Lipinski definition) is 1. The third-order valence-corrected chi connectivity index (χ3v) is 3.38. The first-order valence-corrected chi connectivity index (χ1v) is 7.68. The van der Waals surface area contributed by atoms with Crippen molar-refractivity contribution in [3.63, 3.8) is 0 Å². The summed E-state index contributed by atoms with van der Waals surface area (Å²) in [5, 5.41) is 3.51. The molecule has 0 spiro atoms. The fraction of sp³-hybridized carbons (Fsp3) is 0.647. The molecule has 0 unspecified atom stereocenters. The van der Waals surface area contributed by atoms with Gasteiger partial charge < -0.3 is 5.32 Å². The number of halogens is 1. The highest BCUT2D eigenvalue weighted by Gasteiger charge is 1.93. The average molecular weight is 328 g/mol. The third kappa shape index (κ3) is 11.2. The molecule has 0 radical (unpaired) electrons. The lowest BCUT2D eigenvalue weighted by atomic mass is 10.1. The Bertz CT molecular complexity index is 274. The maximum Gasteiger partial charge on any atom is 0.0205 e. The van der Waals surface area contributed by atoms with Crippen LogP contribution in [0.5, 0.6) is 0 Å². The Morgan fingerprint density at radius 3 is 2.00 bits per heavy atom. The van der Waals surface area contributed by atoms with Crippen molar-refractivity contribution in [2.24, 2.45) is 0 Å². The number of unbranched alkanes of at least 4 members (excludes halogenated alkanes) is 7. The van der Waals surface area contributed by atoms with E-state index in [1.54, 1.807) is 0 Å². The molecule has 0 aliphatic carbocycles. The molecule has 0 atom stereocenters. The fourth-order valence-electron chi connectivity index (χ4n) is 2.21. The Balaban J connectivity index is 0.00000324. The van der Waals surface area contributed by atoms with Gasteiger partial charge in [-0.25, -0.2) is 0 Å². The van der Waals surface area contributed by atoms with Gasteiger partial charge in [0.25, 0.3) is 0 Å². The van der Waals surface area contributed by atoms with Gasteiger partial charge in [0.2, 0.25) is 0 Å². The van der Waals surface area contributed by atoms with Gasteiger partial charge in [-0.3, -0.25) is 0 Å². The van der Waals surface area contributed by atoms with Gasteiger partial charge in [0, 0.05) is 6.54 Å². The second-order valence-corrected chi connectivity index (χ2v) is 5.14. The molecule has 1 N–H and O–H groups in total. The van der Waals surface area contributed by atoms with Crippen molar-refractivity contribution in [3.05, 3.63) is 35.9 Å². The van der Waals surface area contributed by atoms with Crippen LogP contribution < -0.4 is 5.32 Å². The maximum absolute atomic E-state index is 3.51. The molecule has 110 valence electrons. The molecule has 1 aromatic carbocycles. The quantitative estimate of drug-likeness (QED) is 0.529. The lowest BCUT2D eigenvalue weighted by Crippen LogP contribution is -2.14. The van der Waals surface area contributed by atoms with Gasteiger partial charge in [-0.1, -0.05) is 82.2 Å². The molecule has 0 saturated heterocycles. The van der Waals surface area contributed by atoms with E-state index in [1.807, 2.05) is 0 Å². The molecule has 1 rings (SSSR count). The molecule has 0 amide bonds. The summed E-state index contributed by atoms with van der Waals surface area (Å²) in [7, 11) is 0. The van der Waals surface area contributed by atoms with Crippen LogP contribution in [-0.2, 0) is 6.54 Å². The molecule has 0 saturated carbocycles. The van der Waals surface area contributed by atoms with Gasteiger partial charge in [0.05, 0.1) is 0 Å². The van der Waals surface area contributed by atoms with Crippen LogP contribution in [-0.4, -0.2) is 6.54 Å². The summed E-state index contributed by atoms with van der Waals surface area (Å²) in [5.74, 6) is 0. The SMILES string of the molecule is Br.CCCCCCCCCCNCc1ccccc1. The summed E-state index contributed by atoms with van der Waals surface area (Å²) in [4.78, 5) is 0. The zero-order valence-corrected chi connectivity index (χ0v) is 14.1. The van der Waals surface area contributed by atoms with Crippen molar-refractivity contribution < 1.29 is 0 Å². The van der Waals surface area contributed by atoms with E-state index in [-0.39, 0.29) is 17.0 Å². The number of rotatable bonds is 11. The zero-order chi connectivity index (χ0) is 12.9. The minimum Gasteiger partial charge on any atom is -0.313 e. The minimum absolute atomic E-state index is 0. The van der Waals surface area contributed by atoms with Crippen LogP contribution >= 0.6 is 17.0 Å². The van der Waals surface area contributed by atoms with Crippen molar-refractivity contribution >= 4 is 17.0 Å². The van der Waals surface area contributed by atoms with E-state index in [4.69, 9.17) is 0 Å². The van der Waals surface area contributed by atoms with E-state index in [1.165, 1.54) is 56.9 Å². The minimum atomic E-state index is 0. The zero-order valence-electron chi connectivity index (χ0n) is 12.4. The highest BCUT2D eigenvalue weighted by Crippen LogP contribution is 2.08. The molecule has 0 bridgehead atoms. The molecule has 1 nitrogen and oxygen atoms in total. The van der Waals surface area contributed by atoms with E-state index in [0.29, 0.717) is 0 Å². The number of hydrogen-bond acceptors (Lipinski definition) is 1. The molecule has 0 aliphatic heterocycles. The summed E-state index contributed by atoms with van der Waals surface area (Å²) < 4.78 is 0. The largest absolute Gasteiger partial charge is 0.313 e. The van der Waals surface area contributed by atoms with Crippen LogP contribution in [0.2, 0.25) is 0 Å². The summed E-state index contributed by atoms with van der Waals surface area (Å²) in [6, 6.07) is 10.6. The first-order valence-electron chi connectivity index (χ1n) is 7.68. The second kappa shape index (κ2) is 14.1. The van der Waals surface area contributed by atoms with Crippen LogP contribution in [0.3, 0.4) is 0 Å². The smallest absolute Gasteiger partial charge is 0.0205 e. The fourth-order valence-corrected chi connectivity index (χ4v) is 2.21. The molecular formula is C17H30BrN. The summed E-state index contributed by atoms with van der Waals surface area (Å²) >= 11 is 0. The Hall–Kier alpha value is -0.340. The van der Waals surface area contributed by atoms with Gasteiger partial charge in [-0.05, 0) is 18.5 Å². The molecule has 0 heterocycles. The first kappa shape index (κ1) is 18.7. The van der Waals surface area contributed by atoms with Gasteiger partial charge in [0.15, 0.2) is 0 Å². The second-order valence-electron chi connectivity index (χ2n) is 5.14. The van der Waals surface area contributed by atoms with E-state index in [2.05, 4.69) is 42.6 Å². The van der Waals surface area contributed by atoms with Gasteiger partial charge >= 0.3 is 0 Å². The average Bonchev–Trinajstić information content (AvgIpc) is 2.42. The highest BCUT2D eigenvalue weighted by molar-refractivity contribution is 8.93. The van der Waals surface area contributed by atoms with E-state index < -0.39 is 0 Å². The van der Waals surface area contributed by atoms with Gasteiger partial charge in [0.1, 0.15) is 0 Å². The molecule has 1 aromatic rings. The van der Waals surface area contributed by atoms with Gasteiger partial charge in [-0.2, -0.15) is 0 Å². The lowest BCUT2D eigenvalue weighted by molar-refractivity contribution is 0.555. The van der Waals surface area contributed by atoms with Crippen molar-refractivity contribution in [2.75, 3.05) is 6.54 Å². The molecule has 0 aromatic heterocycles. The molecule has 0 aliphatic rings. The van der Waals surface area contributed by atoms with E-state index in [0.717, 1.165) is 13.1 Å². The monoisotopic (exact) mass is 327 g/mol. The lowest BCUT2D eigenvalue weighted by Gasteiger charge is -2.05. The Kier molecular flexibility index (Phi) is 13.8. The van der Waals surface area contributed by atoms with E-state index >= 15 is 0 Å². The topological polar surface area (TPSA) is 12.0 Å². The molecule has 0 fully saturated rings. The normalized spacial score (nSPS) is 10.2. The van der Waals surface area contributed by atoms with E-state index in [9.17, 15) is 0 Å². The Morgan fingerprint density at radius 2 is 1.37 bits per heavy atom. The molecule has 19 heavy (non-hydrogen) atoms. The van der Waals surface area contributed by atoms with Crippen molar-refractivity contribution in [1.82, 2.24) is 5.32 Å². The van der Waals surface area contributed by atoms with Crippen molar-refractivity contribution in [1.29, 1.82) is 0 Å². The number of nitrogens with one attached hydrogen (secondary N) is 1. The van der Waals surface area contributed by atoms with Crippen molar-refractivity contribution in [3.8, 4) is 0 Å². The molecule has 2 heteroatoms. The Morgan fingerprint density at radius 1 is 0.789 bits per heavy atom. The predicted octanol–water partition coefficient (Wildman–Crippen LogP) is 5.49. The van der Waals surface area contributed by atoms with Crippen LogP contribution in [0, 0.1) is 0 Å². The van der Waals surface area contributed by atoms with Crippen molar-refractivity contribution in [2.45, 2.75) is 64.8 Å². The van der Waals surface area contributed by atoms with Crippen LogP contribution in [0.1, 0.15) is 63.9 Å². The summed E-state index contributed by atoms with van der Waals surface area (Å²) in [6.45, 7) is 4.44. The summed E-state index contributed by atoms with van der Waals surface area (Å²) in [5.41, 5.74) is 1.39. The molecular weight excluding hydrogens is 298 g/mol. The van der Waals surface area contributed by atoms with Crippen LogP contribution in [0.4, 0.5) is 0 Å². The first-order chi connectivity index (χ1) is 8.93. The maximum atomic E-state index is 3.51. The van der Waals surface area contributed by atoms with Crippen LogP contribution in [0.25, 0.3) is 0 Å². The third-order valence-electron chi connectivity index (χ3n) is 3.38. The van der Waals surface area contributed by atoms with Gasteiger partial charge in [-0.15, -0.1) is 17.0 Å². The van der Waals surface area contributed by atoms with Crippen LogP contribution in [0.15, 0.2) is 30.3 Å². The number of benzene rings is 1. The Labute approximate surface area is 130 Å². The standard InChI is InChI=1S/C17H29N.BrH/c1-2-3-4-5-6-7-8-12-15-18-16-17-13-10-9-11-14-17;/h9-11,13-14,18H,2-8,12,15-16H2,1H3;1H.